The topological polar surface area (TPSA) is 51.2 Å². The summed E-state index contributed by atoms with van der Waals surface area (Å²) in [6, 6.07) is 9.74. The molecule has 0 fully saturated rings. The maximum atomic E-state index is 11.8. The molecular weight excluding hydrogens is 264 g/mol. The van der Waals surface area contributed by atoms with Gasteiger partial charge in [-0.25, -0.2) is 4.98 Å². The predicted octanol–water partition coefficient (Wildman–Crippen LogP) is 3.41. The summed E-state index contributed by atoms with van der Waals surface area (Å²) in [5, 5.41) is 2.75. The lowest BCUT2D eigenvalue weighted by Gasteiger charge is -2.10. The summed E-state index contributed by atoms with van der Waals surface area (Å²) in [4.78, 5) is 15.9. The van der Waals surface area contributed by atoms with Gasteiger partial charge in [-0.3, -0.25) is 4.79 Å². The number of pyridine rings is 1. The van der Waals surface area contributed by atoms with Crippen LogP contribution in [0.5, 0.6) is 5.75 Å². The average Bonchev–Trinajstić information content (AvgIpc) is 2.45. The van der Waals surface area contributed by atoms with Crippen LogP contribution in [0.3, 0.4) is 0 Å². The summed E-state index contributed by atoms with van der Waals surface area (Å²) in [7, 11) is 0. The molecule has 0 spiro atoms. The second-order valence-electron chi connectivity index (χ2n) is 5.14. The van der Waals surface area contributed by atoms with Gasteiger partial charge in [-0.05, 0) is 49.6 Å². The zero-order chi connectivity index (χ0) is 15.2. The molecule has 2 aromatic rings. The zero-order valence-electron chi connectivity index (χ0n) is 12.6. The molecule has 0 aliphatic carbocycles. The van der Waals surface area contributed by atoms with Gasteiger partial charge in [0.05, 0.1) is 13.0 Å². The molecule has 0 radical (unpaired) electrons. The van der Waals surface area contributed by atoms with E-state index in [1.54, 1.807) is 12.3 Å². The molecule has 0 atom stereocenters. The summed E-state index contributed by atoms with van der Waals surface area (Å²) >= 11 is 0. The second kappa shape index (κ2) is 6.88. The van der Waals surface area contributed by atoms with Gasteiger partial charge in [0.15, 0.2) is 0 Å². The first kappa shape index (κ1) is 15.0. The van der Waals surface area contributed by atoms with E-state index in [1.165, 1.54) is 0 Å². The maximum absolute atomic E-state index is 11.8. The number of anilines is 1. The molecule has 0 saturated heterocycles. The van der Waals surface area contributed by atoms with Gasteiger partial charge in [0, 0.05) is 6.20 Å². The summed E-state index contributed by atoms with van der Waals surface area (Å²) in [6.07, 6.45) is 2.02. The van der Waals surface area contributed by atoms with E-state index in [9.17, 15) is 4.79 Å². The van der Waals surface area contributed by atoms with Crippen molar-refractivity contribution in [1.82, 2.24) is 4.98 Å². The van der Waals surface area contributed by atoms with Crippen LogP contribution in [0, 0.1) is 20.8 Å². The van der Waals surface area contributed by atoms with E-state index in [0.717, 1.165) is 22.4 Å². The third-order valence-corrected chi connectivity index (χ3v) is 3.11. The fourth-order valence-corrected chi connectivity index (χ4v) is 1.86. The van der Waals surface area contributed by atoms with E-state index >= 15 is 0 Å². The van der Waals surface area contributed by atoms with E-state index in [2.05, 4.69) is 10.3 Å². The smallest absolute Gasteiger partial charge is 0.228 e. The van der Waals surface area contributed by atoms with E-state index in [-0.39, 0.29) is 5.91 Å². The van der Waals surface area contributed by atoms with Crippen molar-refractivity contribution in [3.63, 3.8) is 0 Å². The van der Waals surface area contributed by atoms with Crippen molar-refractivity contribution in [1.29, 1.82) is 0 Å². The van der Waals surface area contributed by atoms with Gasteiger partial charge in [-0.1, -0.05) is 18.2 Å². The van der Waals surface area contributed by atoms with Crippen LogP contribution in [0.4, 0.5) is 5.82 Å². The van der Waals surface area contributed by atoms with E-state index < -0.39 is 0 Å². The molecule has 0 aliphatic rings. The minimum Gasteiger partial charge on any atom is -0.493 e. The minimum absolute atomic E-state index is 0.100. The highest BCUT2D eigenvalue weighted by atomic mass is 16.5. The Morgan fingerprint density at radius 2 is 1.90 bits per heavy atom. The molecule has 4 heteroatoms. The van der Waals surface area contributed by atoms with Crippen molar-refractivity contribution in [2.75, 3.05) is 11.9 Å². The number of hydrogen-bond donors (Lipinski definition) is 1. The Hall–Kier alpha value is -2.36. The summed E-state index contributed by atoms with van der Waals surface area (Å²) in [5.74, 6) is 1.30. The van der Waals surface area contributed by atoms with Crippen molar-refractivity contribution < 1.29 is 9.53 Å². The lowest BCUT2D eigenvalue weighted by atomic mass is 10.1. The Bertz CT molecular complexity index is 621. The summed E-state index contributed by atoms with van der Waals surface area (Å²) in [6.45, 7) is 6.31. The predicted molar refractivity (Wildman–Crippen MR) is 83.6 cm³/mol. The third kappa shape index (κ3) is 4.60. The number of carbonyl (C=O) groups excluding carboxylic acids is 1. The zero-order valence-corrected chi connectivity index (χ0v) is 12.6. The van der Waals surface area contributed by atoms with Crippen LogP contribution in [0.2, 0.25) is 0 Å². The Labute approximate surface area is 125 Å². The minimum atomic E-state index is -0.100. The van der Waals surface area contributed by atoms with Crippen molar-refractivity contribution in [2.24, 2.45) is 0 Å². The van der Waals surface area contributed by atoms with Gasteiger partial charge in [-0.2, -0.15) is 0 Å². The molecule has 0 saturated carbocycles. The quantitative estimate of drug-likeness (QED) is 0.915. The normalized spacial score (nSPS) is 10.2. The van der Waals surface area contributed by atoms with Crippen LogP contribution < -0.4 is 10.1 Å². The van der Waals surface area contributed by atoms with Gasteiger partial charge in [0.2, 0.25) is 5.91 Å². The molecule has 4 nitrogen and oxygen atoms in total. The molecule has 1 heterocycles. The SMILES string of the molecule is Cc1ccc(NC(=O)CCOc2cc(C)ccc2C)nc1. The highest BCUT2D eigenvalue weighted by Gasteiger charge is 2.05. The first-order chi connectivity index (χ1) is 10.0. The fraction of sp³-hybridized carbons (Fsp3) is 0.294. The third-order valence-electron chi connectivity index (χ3n) is 3.11. The number of nitrogens with zero attached hydrogens (tertiary/aromatic N) is 1. The molecule has 110 valence electrons. The highest BCUT2D eigenvalue weighted by Crippen LogP contribution is 2.19. The van der Waals surface area contributed by atoms with Crippen LogP contribution >= 0.6 is 0 Å². The summed E-state index contributed by atoms with van der Waals surface area (Å²) < 4.78 is 5.66. The Kier molecular flexibility index (Phi) is 4.93. The van der Waals surface area contributed by atoms with Gasteiger partial charge in [0.1, 0.15) is 11.6 Å². The van der Waals surface area contributed by atoms with E-state index in [1.807, 2.05) is 45.0 Å². The Morgan fingerprint density at radius 1 is 1.14 bits per heavy atom. The Morgan fingerprint density at radius 3 is 2.62 bits per heavy atom. The molecule has 1 N–H and O–H groups in total. The largest absolute Gasteiger partial charge is 0.493 e. The van der Waals surface area contributed by atoms with Gasteiger partial charge < -0.3 is 10.1 Å². The number of ether oxygens (including phenoxy) is 1. The lowest BCUT2D eigenvalue weighted by molar-refractivity contribution is -0.116. The van der Waals surface area contributed by atoms with Crippen LogP contribution in [-0.2, 0) is 4.79 Å². The molecule has 0 bridgehead atoms. The van der Waals surface area contributed by atoms with Gasteiger partial charge in [-0.15, -0.1) is 0 Å². The van der Waals surface area contributed by atoms with Gasteiger partial charge in [0.25, 0.3) is 0 Å². The monoisotopic (exact) mass is 284 g/mol. The molecule has 2 rings (SSSR count). The van der Waals surface area contributed by atoms with Crippen molar-refractivity contribution in [3.8, 4) is 5.75 Å². The molecule has 1 aromatic carbocycles. The summed E-state index contributed by atoms with van der Waals surface area (Å²) in [5.41, 5.74) is 3.27. The number of carbonyl (C=O) groups is 1. The molecule has 0 aliphatic heterocycles. The number of nitrogens with one attached hydrogen (secondary N) is 1. The van der Waals surface area contributed by atoms with Crippen LogP contribution in [-0.4, -0.2) is 17.5 Å². The maximum Gasteiger partial charge on any atom is 0.228 e. The second-order valence-corrected chi connectivity index (χ2v) is 5.14. The number of amides is 1. The highest BCUT2D eigenvalue weighted by molar-refractivity contribution is 5.89. The molecule has 21 heavy (non-hydrogen) atoms. The standard InChI is InChI=1S/C17H20N2O2/c1-12-4-6-14(3)15(10-12)21-9-8-17(20)19-16-7-5-13(2)11-18-16/h4-7,10-11H,8-9H2,1-3H3,(H,18,19,20). The van der Waals surface area contributed by atoms with Crippen LogP contribution in [0.25, 0.3) is 0 Å². The molecule has 1 aromatic heterocycles. The average molecular weight is 284 g/mol. The van der Waals surface area contributed by atoms with Crippen molar-refractivity contribution in [2.45, 2.75) is 27.2 Å². The Balaban J connectivity index is 1.81. The van der Waals surface area contributed by atoms with Crippen LogP contribution in [0.15, 0.2) is 36.5 Å². The number of aromatic nitrogens is 1. The first-order valence-electron chi connectivity index (χ1n) is 6.97. The fourth-order valence-electron chi connectivity index (χ4n) is 1.86. The number of benzene rings is 1. The number of hydrogen-bond acceptors (Lipinski definition) is 3. The molecular formula is C17H20N2O2. The van der Waals surface area contributed by atoms with E-state index in [0.29, 0.717) is 18.8 Å². The number of aryl methyl sites for hydroxylation is 3. The number of rotatable bonds is 5. The van der Waals surface area contributed by atoms with Crippen molar-refractivity contribution >= 4 is 11.7 Å². The van der Waals surface area contributed by atoms with Crippen LogP contribution in [0.1, 0.15) is 23.1 Å². The molecule has 1 amide bonds. The van der Waals surface area contributed by atoms with Crippen molar-refractivity contribution in [3.05, 3.63) is 53.2 Å². The molecule has 0 unspecified atom stereocenters. The lowest BCUT2D eigenvalue weighted by Crippen LogP contribution is -2.16. The van der Waals surface area contributed by atoms with Gasteiger partial charge >= 0.3 is 0 Å². The van der Waals surface area contributed by atoms with E-state index in [4.69, 9.17) is 4.74 Å². The first-order valence-corrected chi connectivity index (χ1v) is 6.97.